The van der Waals surface area contributed by atoms with Crippen LogP contribution < -0.4 is 5.43 Å². The molecule has 0 aliphatic rings. The molecule has 0 aliphatic carbocycles. The normalized spacial score (nSPS) is 10.9. The second kappa shape index (κ2) is 7.89. The van der Waals surface area contributed by atoms with Crippen LogP contribution in [0, 0.1) is 3.57 Å². The van der Waals surface area contributed by atoms with Crippen LogP contribution in [-0.4, -0.2) is 17.2 Å². The summed E-state index contributed by atoms with van der Waals surface area (Å²) >= 11 is 12.0. The first kappa shape index (κ1) is 17.9. The Kier molecular flexibility index (Phi) is 6.42. The van der Waals surface area contributed by atoms with E-state index in [1.54, 1.807) is 24.3 Å². The Morgan fingerprint density at radius 3 is 2.64 bits per heavy atom. The Balaban J connectivity index is 2.17. The largest absolute Gasteiger partial charge is 0.506 e. The van der Waals surface area contributed by atoms with Gasteiger partial charge in [-0.3, -0.25) is 4.79 Å². The number of rotatable bonds is 3. The van der Waals surface area contributed by atoms with Crippen molar-refractivity contribution in [2.75, 3.05) is 0 Å². The Labute approximate surface area is 165 Å². The van der Waals surface area contributed by atoms with Crippen molar-refractivity contribution in [3.05, 3.63) is 58.4 Å². The summed E-state index contributed by atoms with van der Waals surface area (Å²) < 4.78 is 2.71. The summed E-state index contributed by atoms with van der Waals surface area (Å²) in [6.45, 7) is 0. The molecule has 0 bridgehead atoms. The molecule has 114 valence electrons. The Morgan fingerprint density at radius 1 is 1.23 bits per heavy atom. The number of hydrazone groups is 1. The minimum absolute atomic E-state index is 0.0635. The molecule has 4 nitrogen and oxygen atoms in total. The first-order valence-corrected chi connectivity index (χ1v) is 9.31. The fourth-order valence-electron chi connectivity index (χ4n) is 1.56. The van der Waals surface area contributed by atoms with E-state index in [-0.39, 0.29) is 11.7 Å². The number of phenolic OH excluding ortho intramolecular Hbond substituents is 1. The molecule has 1 amide bonds. The molecule has 0 atom stereocenters. The highest BCUT2D eigenvalue weighted by molar-refractivity contribution is 14.1. The van der Waals surface area contributed by atoms with E-state index in [0.29, 0.717) is 20.1 Å². The molecular formula is C14H8Br3IN2O2. The molecule has 22 heavy (non-hydrogen) atoms. The van der Waals surface area contributed by atoms with Crippen molar-refractivity contribution in [2.45, 2.75) is 0 Å². The van der Waals surface area contributed by atoms with Crippen LogP contribution in [0.25, 0.3) is 0 Å². The van der Waals surface area contributed by atoms with E-state index in [4.69, 9.17) is 0 Å². The number of nitrogens with zero attached hydrogens (tertiary/aromatic N) is 1. The Bertz CT molecular complexity index is 766. The molecule has 2 rings (SSSR count). The molecule has 2 N–H and O–H groups in total. The highest BCUT2D eigenvalue weighted by Crippen LogP contribution is 2.38. The van der Waals surface area contributed by atoms with Gasteiger partial charge < -0.3 is 5.11 Å². The zero-order chi connectivity index (χ0) is 16.3. The summed E-state index contributed by atoms with van der Waals surface area (Å²) in [4.78, 5) is 12.0. The number of phenols is 1. The second-order valence-electron chi connectivity index (χ2n) is 4.13. The lowest BCUT2D eigenvalue weighted by molar-refractivity contribution is 0.0955. The fraction of sp³-hybridized carbons (Fsp3) is 0. The molecule has 2 aromatic carbocycles. The Morgan fingerprint density at radius 2 is 1.95 bits per heavy atom. The molecule has 2 aromatic rings. The van der Waals surface area contributed by atoms with Crippen molar-refractivity contribution < 1.29 is 9.90 Å². The third-order valence-corrected chi connectivity index (χ3v) is 5.36. The molecule has 0 aromatic heterocycles. The van der Waals surface area contributed by atoms with Crippen molar-refractivity contribution in [3.63, 3.8) is 0 Å². The number of carbonyl (C=O) groups excluding carboxylic acids is 1. The van der Waals surface area contributed by atoms with E-state index in [9.17, 15) is 9.90 Å². The van der Waals surface area contributed by atoms with Gasteiger partial charge in [0.1, 0.15) is 5.75 Å². The minimum atomic E-state index is -0.302. The van der Waals surface area contributed by atoms with Gasteiger partial charge in [-0.2, -0.15) is 5.10 Å². The smallest absolute Gasteiger partial charge is 0.271 e. The molecule has 0 radical (unpaired) electrons. The predicted molar refractivity (Wildman–Crippen MR) is 105 cm³/mol. The molecule has 0 heterocycles. The lowest BCUT2D eigenvalue weighted by Crippen LogP contribution is -2.17. The van der Waals surface area contributed by atoms with Gasteiger partial charge >= 0.3 is 0 Å². The van der Waals surface area contributed by atoms with Gasteiger partial charge in [0.15, 0.2) is 0 Å². The number of hydrogen-bond acceptors (Lipinski definition) is 3. The molecule has 0 unspecified atom stereocenters. The number of hydrogen-bond donors (Lipinski definition) is 2. The second-order valence-corrected chi connectivity index (χ2v) is 7.87. The zero-order valence-corrected chi connectivity index (χ0v) is 17.7. The number of benzene rings is 2. The van der Waals surface area contributed by atoms with E-state index in [1.807, 2.05) is 6.07 Å². The molecule has 0 fully saturated rings. The topological polar surface area (TPSA) is 61.7 Å². The Hall–Kier alpha value is -0.450. The van der Waals surface area contributed by atoms with Gasteiger partial charge in [-0.05, 0) is 78.7 Å². The first-order chi connectivity index (χ1) is 10.4. The maximum Gasteiger partial charge on any atom is 0.271 e. The summed E-state index contributed by atoms with van der Waals surface area (Å²) in [5.74, 6) is -0.239. The number of nitrogens with one attached hydrogen (secondary N) is 1. The van der Waals surface area contributed by atoms with Crippen LogP contribution in [0.5, 0.6) is 5.75 Å². The summed E-state index contributed by atoms with van der Waals surface area (Å²) in [7, 11) is 0. The number of halogens is 4. The zero-order valence-electron chi connectivity index (χ0n) is 10.8. The van der Waals surface area contributed by atoms with E-state index >= 15 is 0 Å². The highest BCUT2D eigenvalue weighted by atomic mass is 127. The molecule has 0 spiro atoms. The molecule has 0 saturated heterocycles. The summed E-state index contributed by atoms with van der Waals surface area (Å²) in [6, 6.07) is 8.88. The SMILES string of the molecule is O=C(NN=Cc1c(Br)cc(Br)c(O)c1Br)c1cccc(I)c1. The molecule has 0 saturated carbocycles. The molecule has 8 heteroatoms. The summed E-state index contributed by atoms with van der Waals surface area (Å²) in [5.41, 5.74) is 3.60. The van der Waals surface area contributed by atoms with E-state index in [1.165, 1.54) is 6.21 Å². The van der Waals surface area contributed by atoms with Crippen molar-refractivity contribution in [1.29, 1.82) is 0 Å². The summed E-state index contributed by atoms with van der Waals surface area (Å²) in [5, 5.41) is 13.8. The van der Waals surface area contributed by atoms with Crippen molar-refractivity contribution in [2.24, 2.45) is 5.10 Å². The van der Waals surface area contributed by atoms with Gasteiger partial charge in [0, 0.05) is 19.2 Å². The van der Waals surface area contributed by atoms with Crippen molar-refractivity contribution in [1.82, 2.24) is 5.43 Å². The van der Waals surface area contributed by atoms with Crippen molar-refractivity contribution in [3.8, 4) is 5.75 Å². The lowest BCUT2D eigenvalue weighted by atomic mass is 10.2. The molecular weight excluding hydrogens is 595 g/mol. The quantitative estimate of drug-likeness (QED) is 0.294. The number of amides is 1. The van der Waals surface area contributed by atoms with E-state index < -0.39 is 0 Å². The third-order valence-electron chi connectivity index (χ3n) is 2.63. The highest BCUT2D eigenvalue weighted by Gasteiger charge is 2.12. The van der Waals surface area contributed by atoms with Crippen molar-refractivity contribution >= 4 is 82.5 Å². The summed E-state index contributed by atoms with van der Waals surface area (Å²) in [6.07, 6.45) is 1.45. The van der Waals surface area contributed by atoms with Crippen LogP contribution >= 0.6 is 70.4 Å². The van der Waals surface area contributed by atoms with Gasteiger partial charge in [-0.1, -0.05) is 22.0 Å². The van der Waals surface area contributed by atoms with E-state index in [2.05, 4.69) is 80.9 Å². The predicted octanol–water partition coefficient (Wildman–Crippen LogP) is 5.05. The van der Waals surface area contributed by atoms with Gasteiger partial charge in [-0.15, -0.1) is 0 Å². The van der Waals surface area contributed by atoms with Gasteiger partial charge in [0.25, 0.3) is 5.91 Å². The first-order valence-electron chi connectivity index (χ1n) is 5.85. The lowest BCUT2D eigenvalue weighted by Gasteiger charge is -2.06. The van der Waals surface area contributed by atoms with Crippen LogP contribution in [0.4, 0.5) is 0 Å². The van der Waals surface area contributed by atoms with E-state index in [0.717, 1.165) is 8.04 Å². The monoisotopic (exact) mass is 600 g/mol. The fourth-order valence-corrected chi connectivity index (χ4v) is 4.43. The maximum atomic E-state index is 12.0. The van der Waals surface area contributed by atoms with Gasteiger partial charge in [0.05, 0.1) is 15.2 Å². The standard InChI is InChI=1S/C14H8Br3IN2O2/c15-10-5-11(16)13(21)12(17)9(10)6-19-20-14(22)7-2-1-3-8(18)4-7/h1-6,21H,(H,20,22). The van der Waals surface area contributed by atoms with Gasteiger partial charge in [0.2, 0.25) is 0 Å². The van der Waals surface area contributed by atoms with Crippen LogP contribution in [0.15, 0.2) is 48.9 Å². The minimum Gasteiger partial charge on any atom is -0.506 e. The average molecular weight is 603 g/mol. The van der Waals surface area contributed by atoms with Crippen LogP contribution in [0.3, 0.4) is 0 Å². The maximum absolute atomic E-state index is 12.0. The number of aromatic hydroxyl groups is 1. The third kappa shape index (κ3) is 4.30. The van der Waals surface area contributed by atoms with Crippen LogP contribution in [-0.2, 0) is 0 Å². The van der Waals surface area contributed by atoms with Crippen LogP contribution in [0.1, 0.15) is 15.9 Å². The van der Waals surface area contributed by atoms with Gasteiger partial charge in [-0.25, -0.2) is 5.43 Å². The number of carbonyl (C=O) groups is 1. The van der Waals surface area contributed by atoms with Crippen LogP contribution in [0.2, 0.25) is 0 Å². The molecule has 0 aliphatic heterocycles. The average Bonchev–Trinajstić information content (AvgIpc) is 2.48.